The minimum Gasteiger partial charge on any atom is -0.492 e. The molecule has 116 valence electrons. The highest BCUT2D eigenvalue weighted by atomic mass is 16.5. The maximum Gasteiger partial charge on any atom is 0.124 e. The maximum atomic E-state index is 5.98. The zero-order valence-corrected chi connectivity index (χ0v) is 13.4. The molecule has 1 saturated heterocycles. The van der Waals surface area contributed by atoms with Crippen LogP contribution in [0, 0.1) is 5.92 Å². The zero-order valence-electron chi connectivity index (χ0n) is 13.4. The molecule has 1 aromatic rings. The minimum absolute atomic E-state index is 0.346. The Morgan fingerprint density at radius 3 is 2.90 bits per heavy atom. The molecule has 1 aromatic carbocycles. The Labute approximate surface area is 128 Å². The fourth-order valence-electron chi connectivity index (χ4n) is 3.80. The molecule has 4 nitrogen and oxygen atoms in total. The van der Waals surface area contributed by atoms with E-state index in [1.165, 1.54) is 25.1 Å². The third-order valence-corrected chi connectivity index (χ3v) is 4.96. The van der Waals surface area contributed by atoms with E-state index in [-0.39, 0.29) is 0 Å². The predicted molar refractivity (Wildman–Crippen MR) is 85.8 cm³/mol. The van der Waals surface area contributed by atoms with Gasteiger partial charge >= 0.3 is 0 Å². The zero-order chi connectivity index (χ0) is 14.8. The lowest BCUT2D eigenvalue weighted by Gasteiger charge is -2.39. The van der Waals surface area contributed by atoms with E-state index in [1.807, 2.05) is 6.07 Å². The highest BCUT2D eigenvalue weighted by Gasteiger charge is 2.33. The van der Waals surface area contributed by atoms with Crippen LogP contribution in [0.5, 0.6) is 5.75 Å². The van der Waals surface area contributed by atoms with Gasteiger partial charge in [-0.05, 0) is 46.1 Å². The molecule has 3 atom stereocenters. The van der Waals surface area contributed by atoms with Crippen molar-refractivity contribution in [2.75, 3.05) is 47.4 Å². The van der Waals surface area contributed by atoms with E-state index in [0.29, 0.717) is 12.1 Å². The number of benzene rings is 1. The molecule has 0 aliphatic carbocycles. The monoisotopic (exact) mass is 289 g/mol. The molecule has 0 aromatic heterocycles. The van der Waals surface area contributed by atoms with Crippen LogP contribution in [0.2, 0.25) is 0 Å². The average molecular weight is 289 g/mol. The molecule has 2 aliphatic rings. The van der Waals surface area contributed by atoms with Gasteiger partial charge in [-0.2, -0.15) is 0 Å². The molecule has 0 radical (unpaired) electrons. The number of hydrogen-bond donors (Lipinski definition) is 1. The van der Waals surface area contributed by atoms with Crippen LogP contribution < -0.4 is 10.1 Å². The van der Waals surface area contributed by atoms with E-state index in [2.05, 4.69) is 54.5 Å². The standard InChI is InChI=1S/C17H27N3O/c1-18-17-14-6-4-5-7-16(14)21-12-15(17)20(3)11-13-8-9-19(2)10-13/h4-7,13,15,17-18H,8-12H2,1-3H3. The number of nitrogens with one attached hydrogen (secondary N) is 1. The van der Waals surface area contributed by atoms with Crippen LogP contribution in [0.3, 0.4) is 0 Å². The number of likely N-dealkylation sites (N-methyl/N-ethyl adjacent to an activating group) is 2. The van der Waals surface area contributed by atoms with Gasteiger partial charge in [-0.1, -0.05) is 18.2 Å². The molecule has 0 saturated carbocycles. The van der Waals surface area contributed by atoms with Crippen LogP contribution in [0.4, 0.5) is 0 Å². The summed E-state index contributed by atoms with van der Waals surface area (Å²) >= 11 is 0. The Kier molecular flexibility index (Phi) is 4.48. The van der Waals surface area contributed by atoms with E-state index in [1.54, 1.807) is 0 Å². The molecule has 2 heterocycles. The highest BCUT2D eigenvalue weighted by molar-refractivity contribution is 5.38. The van der Waals surface area contributed by atoms with E-state index in [0.717, 1.165) is 24.8 Å². The van der Waals surface area contributed by atoms with Crippen LogP contribution >= 0.6 is 0 Å². The van der Waals surface area contributed by atoms with Gasteiger partial charge in [-0.3, -0.25) is 4.90 Å². The summed E-state index contributed by atoms with van der Waals surface area (Å²) < 4.78 is 5.98. The molecular formula is C17H27N3O. The largest absolute Gasteiger partial charge is 0.492 e. The summed E-state index contributed by atoms with van der Waals surface area (Å²) in [6.45, 7) is 4.37. The summed E-state index contributed by atoms with van der Waals surface area (Å²) in [5.41, 5.74) is 1.28. The van der Waals surface area contributed by atoms with Gasteiger partial charge in [0.1, 0.15) is 12.4 Å². The Bertz CT molecular complexity index is 479. The summed E-state index contributed by atoms with van der Waals surface area (Å²) in [4.78, 5) is 4.92. The van der Waals surface area contributed by atoms with Crippen LogP contribution in [0.25, 0.3) is 0 Å². The third-order valence-electron chi connectivity index (χ3n) is 4.96. The predicted octanol–water partition coefficient (Wildman–Crippen LogP) is 1.59. The highest BCUT2D eigenvalue weighted by Crippen LogP contribution is 2.34. The van der Waals surface area contributed by atoms with Crippen molar-refractivity contribution in [2.24, 2.45) is 5.92 Å². The minimum atomic E-state index is 0.346. The van der Waals surface area contributed by atoms with Gasteiger partial charge < -0.3 is 15.0 Å². The second-order valence-corrected chi connectivity index (χ2v) is 6.54. The molecule has 0 spiro atoms. The Morgan fingerprint density at radius 2 is 2.19 bits per heavy atom. The summed E-state index contributed by atoms with van der Waals surface area (Å²) in [6, 6.07) is 9.14. The van der Waals surface area contributed by atoms with Crippen molar-refractivity contribution < 1.29 is 4.74 Å². The van der Waals surface area contributed by atoms with E-state index >= 15 is 0 Å². The fourth-order valence-corrected chi connectivity index (χ4v) is 3.80. The summed E-state index contributed by atoms with van der Waals surface area (Å²) in [7, 11) is 6.51. The number of para-hydroxylation sites is 1. The maximum absolute atomic E-state index is 5.98. The van der Waals surface area contributed by atoms with E-state index in [4.69, 9.17) is 4.74 Å². The molecule has 4 heteroatoms. The van der Waals surface area contributed by atoms with Gasteiger partial charge in [0, 0.05) is 18.7 Å². The SMILES string of the molecule is CNC1c2ccccc2OCC1N(C)CC1CCN(C)C1. The fraction of sp³-hybridized carbons (Fsp3) is 0.647. The Hall–Kier alpha value is -1.10. The van der Waals surface area contributed by atoms with Gasteiger partial charge in [0.05, 0.1) is 12.1 Å². The number of likely N-dealkylation sites (tertiary alicyclic amines) is 1. The van der Waals surface area contributed by atoms with E-state index < -0.39 is 0 Å². The summed E-state index contributed by atoms with van der Waals surface area (Å²) in [5, 5.41) is 3.49. The quantitative estimate of drug-likeness (QED) is 0.911. The molecule has 3 unspecified atom stereocenters. The van der Waals surface area contributed by atoms with Gasteiger partial charge in [-0.25, -0.2) is 0 Å². The first-order valence-corrected chi connectivity index (χ1v) is 7.97. The number of nitrogens with zero attached hydrogens (tertiary/aromatic N) is 2. The number of hydrogen-bond acceptors (Lipinski definition) is 4. The summed E-state index contributed by atoms with van der Waals surface area (Å²) in [5.74, 6) is 1.82. The lowest BCUT2D eigenvalue weighted by atomic mass is 9.94. The normalized spacial score (nSPS) is 29.4. The Morgan fingerprint density at radius 1 is 1.38 bits per heavy atom. The number of rotatable bonds is 4. The second kappa shape index (κ2) is 6.34. The topological polar surface area (TPSA) is 27.7 Å². The van der Waals surface area contributed by atoms with Gasteiger partial charge in [-0.15, -0.1) is 0 Å². The molecule has 2 aliphatic heterocycles. The van der Waals surface area contributed by atoms with Crippen molar-refractivity contribution in [3.05, 3.63) is 29.8 Å². The van der Waals surface area contributed by atoms with Crippen molar-refractivity contribution in [1.29, 1.82) is 0 Å². The molecule has 3 rings (SSSR count). The molecule has 0 amide bonds. The van der Waals surface area contributed by atoms with Crippen LogP contribution in [-0.4, -0.2) is 63.2 Å². The van der Waals surface area contributed by atoms with Crippen LogP contribution in [0.15, 0.2) is 24.3 Å². The molecule has 0 bridgehead atoms. The van der Waals surface area contributed by atoms with Crippen molar-refractivity contribution in [3.8, 4) is 5.75 Å². The van der Waals surface area contributed by atoms with Crippen molar-refractivity contribution in [2.45, 2.75) is 18.5 Å². The first-order valence-electron chi connectivity index (χ1n) is 7.97. The van der Waals surface area contributed by atoms with Crippen molar-refractivity contribution in [1.82, 2.24) is 15.1 Å². The van der Waals surface area contributed by atoms with Gasteiger partial charge in [0.15, 0.2) is 0 Å². The average Bonchev–Trinajstić information content (AvgIpc) is 2.91. The van der Waals surface area contributed by atoms with E-state index in [9.17, 15) is 0 Å². The molecule has 1 N–H and O–H groups in total. The smallest absolute Gasteiger partial charge is 0.124 e. The van der Waals surface area contributed by atoms with Gasteiger partial charge in [0.25, 0.3) is 0 Å². The molecule has 1 fully saturated rings. The number of fused-ring (bicyclic) bond motifs is 1. The summed E-state index contributed by atoms with van der Waals surface area (Å²) in [6.07, 6.45) is 1.31. The molecule has 21 heavy (non-hydrogen) atoms. The Balaban J connectivity index is 1.70. The second-order valence-electron chi connectivity index (χ2n) is 6.54. The van der Waals surface area contributed by atoms with Gasteiger partial charge in [0.2, 0.25) is 0 Å². The third kappa shape index (κ3) is 3.07. The lowest BCUT2D eigenvalue weighted by molar-refractivity contribution is 0.0970. The first-order chi connectivity index (χ1) is 10.2. The lowest BCUT2D eigenvalue weighted by Crippen LogP contribution is -2.49. The van der Waals surface area contributed by atoms with Crippen LogP contribution in [-0.2, 0) is 0 Å². The number of ether oxygens (including phenoxy) is 1. The molecular weight excluding hydrogens is 262 g/mol. The first kappa shape index (κ1) is 14.8. The van der Waals surface area contributed by atoms with Crippen molar-refractivity contribution in [3.63, 3.8) is 0 Å². The van der Waals surface area contributed by atoms with Crippen LogP contribution in [0.1, 0.15) is 18.0 Å². The van der Waals surface area contributed by atoms with Crippen molar-refractivity contribution >= 4 is 0 Å².